The molecule has 7 nitrogen and oxygen atoms in total. The molecule has 0 radical (unpaired) electrons. The first-order valence-electron chi connectivity index (χ1n) is 9.59. The minimum Gasteiger partial charge on any atom is -0.383 e. The Balaban J connectivity index is 1.57. The zero-order chi connectivity index (χ0) is 20.5. The lowest BCUT2D eigenvalue weighted by atomic mass is 9.89. The maximum absolute atomic E-state index is 13.1. The van der Waals surface area contributed by atoms with Gasteiger partial charge in [-0.1, -0.05) is 13.0 Å². The smallest absolute Gasteiger partial charge is 0.313 e. The Hall–Kier alpha value is -3.00. The molecule has 2 amide bonds. The number of nitrogen functional groups attached to an aromatic ring is 1. The van der Waals surface area contributed by atoms with Gasteiger partial charge in [0.05, 0.1) is 33.7 Å². The molecule has 0 bridgehead atoms. The third kappa shape index (κ3) is 3.93. The predicted molar refractivity (Wildman–Crippen MR) is 114 cm³/mol. The van der Waals surface area contributed by atoms with Crippen LogP contribution in [-0.4, -0.2) is 33.2 Å². The van der Waals surface area contributed by atoms with E-state index in [9.17, 15) is 9.59 Å². The number of aromatic nitrogens is 2. The minimum atomic E-state index is -0.662. The Morgan fingerprint density at radius 2 is 2.07 bits per heavy atom. The summed E-state index contributed by atoms with van der Waals surface area (Å²) in [6.45, 7) is 4.45. The first kappa shape index (κ1) is 19.3. The zero-order valence-electron chi connectivity index (χ0n) is 16.4. The van der Waals surface area contributed by atoms with E-state index in [1.807, 2.05) is 23.7 Å². The summed E-state index contributed by atoms with van der Waals surface area (Å²) in [6, 6.07) is 7.66. The molecule has 2 aromatic heterocycles. The van der Waals surface area contributed by atoms with Gasteiger partial charge in [-0.3, -0.25) is 9.59 Å². The summed E-state index contributed by atoms with van der Waals surface area (Å²) in [5.41, 5.74) is 10.7. The van der Waals surface area contributed by atoms with Gasteiger partial charge >= 0.3 is 11.8 Å². The Kier molecular flexibility index (Phi) is 5.19. The molecule has 1 aromatic carbocycles. The van der Waals surface area contributed by atoms with Crippen LogP contribution in [0.4, 0.5) is 11.5 Å². The van der Waals surface area contributed by atoms with Crippen LogP contribution in [0.3, 0.4) is 0 Å². The molecule has 2 unspecified atom stereocenters. The molecule has 0 spiro atoms. The molecule has 4 rings (SSSR count). The third-order valence-electron chi connectivity index (χ3n) is 5.39. The number of nitrogens with zero attached hydrogens (tertiary/aromatic N) is 3. The average Bonchev–Trinajstić information content (AvgIpc) is 3.18. The number of rotatable bonds is 2. The summed E-state index contributed by atoms with van der Waals surface area (Å²) in [6.07, 6.45) is 3.28. The highest BCUT2D eigenvalue weighted by molar-refractivity contribution is 7.16. The lowest BCUT2D eigenvalue weighted by molar-refractivity contribution is -0.146. The summed E-state index contributed by atoms with van der Waals surface area (Å²) >= 11 is 1.59. The van der Waals surface area contributed by atoms with Crippen molar-refractivity contribution in [2.45, 2.75) is 32.7 Å². The van der Waals surface area contributed by atoms with Gasteiger partial charge in [-0.25, -0.2) is 9.97 Å². The van der Waals surface area contributed by atoms with Gasteiger partial charge in [-0.05, 0) is 55.0 Å². The van der Waals surface area contributed by atoms with Gasteiger partial charge in [-0.15, -0.1) is 11.3 Å². The number of nitrogens with two attached hydrogens (primary N) is 1. The molecule has 2 atom stereocenters. The summed E-state index contributed by atoms with van der Waals surface area (Å²) in [5.74, 6) is -0.456. The van der Waals surface area contributed by atoms with E-state index in [-0.39, 0.29) is 6.04 Å². The maximum atomic E-state index is 13.1. The molecule has 29 heavy (non-hydrogen) atoms. The van der Waals surface area contributed by atoms with Crippen LogP contribution < -0.4 is 11.1 Å². The molecule has 1 saturated heterocycles. The second-order valence-electron chi connectivity index (χ2n) is 7.62. The lowest BCUT2D eigenvalue weighted by Crippen LogP contribution is -2.46. The number of anilines is 2. The van der Waals surface area contributed by atoms with Crippen LogP contribution in [0.15, 0.2) is 36.0 Å². The molecule has 0 saturated carbocycles. The van der Waals surface area contributed by atoms with Crippen LogP contribution in [0, 0.1) is 12.8 Å². The number of carbonyl (C=O) groups is 2. The van der Waals surface area contributed by atoms with Crippen molar-refractivity contribution in [3.8, 4) is 0 Å². The number of thiazole rings is 1. The fraction of sp³-hybridized carbons (Fsp3) is 0.333. The number of likely N-dealkylation sites (tertiary alicyclic amines) is 1. The average molecular weight is 410 g/mol. The summed E-state index contributed by atoms with van der Waals surface area (Å²) < 4.78 is 1.11. The quantitative estimate of drug-likeness (QED) is 0.631. The number of benzene rings is 1. The number of amides is 2. The number of fused-ring (bicyclic) bond motifs is 1. The van der Waals surface area contributed by atoms with Crippen LogP contribution in [0.5, 0.6) is 0 Å². The lowest BCUT2D eigenvalue weighted by Gasteiger charge is -2.38. The second-order valence-corrected chi connectivity index (χ2v) is 8.50. The monoisotopic (exact) mass is 409 g/mol. The molecule has 1 fully saturated rings. The normalized spacial score (nSPS) is 19.3. The largest absolute Gasteiger partial charge is 0.383 e. The minimum absolute atomic E-state index is 0.137. The number of hydrogen-bond donors (Lipinski definition) is 2. The first-order valence-corrected chi connectivity index (χ1v) is 10.5. The van der Waals surface area contributed by atoms with Crippen LogP contribution >= 0.6 is 11.3 Å². The number of piperidine rings is 1. The summed E-state index contributed by atoms with van der Waals surface area (Å²) in [5, 5.41) is 2.66. The Morgan fingerprint density at radius 1 is 1.24 bits per heavy atom. The van der Waals surface area contributed by atoms with E-state index in [1.165, 1.54) is 6.20 Å². The molecule has 3 N–H and O–H groups in total. The van der Waals surface area contributed by atoms with Crippen molar-refractivity contribution in [1.29, 1.82) is 0 Å². The third-order valence-corrected chi connectivity index (χ3v) is 6.20. The van der Waals surface area contributed by atoms with Gasteiger partial charge in [0, 0.05) is 6.54 Å². The van der Waals surface area contributed by atoms with E-state index in [2.05, 4.69) is 22.2 Å². The van der Waals surface area contributed by atoms with Crippen molar-refractivity contribution in [3.05, 3.63) is 47.1 Å². The zero-order valence-corrected chi connectivity index (χ0v) is 17.2. The molecule has 3 aromatic rings. The summed E-state index contributed by atoms with van der Waals surface area (Å²) in [4.78, 5) is 35.9. The standard InChI is InChI=1S/C21H23N5O2S/c1-12-3-5-17(14-4-6-18-16(8-14)24-11-29-18)26(10-12)21(28)20(27)25-15-7-13(2)19(22)23-9-15/h4,6-9,11-12,17H,3,5,10H2,1-2H3,(H2,22,23)(H,25,27). The maximum Gasteiger partial charge on any atom is 0.313 e. The van der Waals surface area contributed by atoms with Crippen molar-refractivity contribution in [2.75, 3.05) is 17.6 Å². The van der Waals surface area contributed by atoms with Gasteiger partial charge in [0.15, 0.2) is 0 Å². The molecule has 150 valence electrons. The number of nitrogens with one attached hydrogen (secondary N) is 1. The van der Waals surface area contributed by atoms with Crippen molar-refractivity contribution >= 4 is 44.9 Å². The van der Waals surface area contributed by atoms with Crippen LogP contribution in [-0.2, 0) is 9.59 Å². The second kappa shape index (κ2) is 7.79. The van der Waals surface area contributed by atoms with E-state index >= 15 is 0 Å². The van der Waals surface area contributed by atoms with Crippen molar-refractivity contribution < 1.29 is 9.59 Å². The van der Waals surface area contributed by atoms with Crippen LogP contribution in [0.1, 0.15) is 36.9 Å². The Morgan fingerprint density at radius 3 is 2.86 bits per heavy atom. The summed E-state index contributed by atoms with van der Waals surface area (Å²) in [7, 11) is 0. The van der Waals surface area contributed by atoms with Crippen molar-refractivity contribution in [3.63, 3.8) is 0 Å². The Bertz CT molecular complexity index is 1080. The molecule has 1 aliphatic heterocycles. The molecular formula is C21H23N5O2S. The number of aryl methyl sites for hydroxylation is 1. The van der Waals surface area contributed by atoms with Gasteiger partial charge in [0.25, 0.3) is 0 Å². The van der Waals surface area contributed by atoms with Gasteiger partial charge < -0.3 is 16.0 Å². The highest BCUT2D eigenvalue weighted by atomic mass is 32.1. The van der Waals surface area contributed by atoms with E-state index in [0.29, 0.717) is 24.0 Å². The first-order chi connectivity index (χ1) is 13.9. The topological polar surface area (TPSA) is 101 Å². The highest BCUT2D eigenvalue weighted by Gasteiger charge is 2.34. The molecule has 1 aliphatic rings. The van der Waals surface area contributed by atoms with E-state index in [4.69, 9.17) is 5.73 Å². The predicted octanol–water partition coefficient (Wildman–Crippen LogP) is 3.52. The van der Waals surface area contributed by atoms with Gasteiger partial charge in [0.1, 0.15) is 5.82 Å². The fourth-order valence-electron chi connectivity index (χ4n) is 3.77. The van der Waals surface area contributed by atoms with Crippen molar-refractivity contribution in [1.82, 2.24) is 14.9 Å². The Labute approximate surface area is 173 Å². The fourth-order valence-corrected chi connectivity index (χ4v) is 4.43. The van der Waals surface area contributed by atoms with Crippen molar-refractivity contribution in [2.24, 2.45) is 5.92 Å². The molecule has 8 heteroatoms. The van der Waals surface area contributed by atoms with Crippen LogP contribution in [0.25, 0.3) is 10.2 Å². The van der Waals surface area contributed by atoms with Crippen LogP contribution in [0.2, 0.25) is 0 Å². The SMILES string of the molecule is Cc1cc(NC(=O)C(=O)N2CC(C)CCC2c2ccc3scnc3c2)cnc1N. The molecule has 3 heterocycles. The number of pyridine rings is 1. The molecule has 0 aliphatic carbocycles. The molecular weight excluding hydrogens is 386 g/mol. The van der Waals surface area contributed by atoms with E-state index < -0.39 is 11.8 Å². The highest BCUT2D eigenvalue weighted by Crippen LogP contribution is 2.35. The number of carbonyl (C=O) groups excluding carboxylic acids is 2. The van der Waals surface area contributed by atoms with E-state index in [1.54, 1.807) is 29.2 Å². The van der Waals surface area contributed by atoms with E-state index in [0.717, 1.165) is 34.2 Å². The number of hydrogen-bond acceptors (Lipinski definition) is 6. The van der Waals surface area contributed by atoms with Gasteiger partial charge in [-0.2, -0.15) is 0 Å². The van der Waals surface area contributed by atoms with Gasteiger partial charge in [0.2, 0.25) is 0 Å².